The maximum Gasteiger partial charge on any atom is 0.222 e. The van der Waals surface area contributed by atoms with Crippen molar-refractivity contribution >= 4 is 39.8 Å². The van der Waals surface area contributed by atoms with Crippen LogP contribution in [0.15, 0.2) is 53.4 Å². The molecule has 1 aliphatic carbocycles. The molecular formula is C25H34Cl2N2O3S. The monoisotopic (exact) mass is 512 g/mol. The molecule has 0 saturated heterocycles. The Morgan fingerprint density at radius 3 is 2.39 bits per heavy atom. The van der Waals surface area contributed by atoms with E-state index in [1.54, 1.807) is 18.2 Å². The number of nitrogens with zero attached hydrogens (tertiary/aromatic N) is 1. The summed E-state index contributed by atoms with van der Waals surface area (Å²) in [7, 11) is -3.25. The van der Waals surface area contributed by atoms with Crippen molar-refractivity contribution in [1.82, 2.24) is 4.90 Å². The minimum atomic E-state index is -3.25. The summed E-state index contributed by atoms with van der Waals surface area (Å²) >= 11 is 6.23. The summed E-state index contributed by atoms with van der Waals surface area (Å²) in [6, 6.07) is 15.1. The number of amides is 1. The lowest BCUT2D eigenvalue weighted by molar-refractivity contribution is -0.134. The predicted octanol–water partition coefficient (Wildman–Crippen LogP) is 4.79. The molecule has 33 heavy (non-hydrogen) atoms. The van der Waals surface area contributed by atoms with E-state index in [2.05, 4.69) is 6.07 Å². The molecule has 0 heterocycles. The molecule has 2 aromatic carbocycles. The molecule has 1 saturated carbocycles. The maximum atomic E-state index is 12.8. The summed E-state index contributed by atoms with van der Waals surface area (Å²) in [5, 5.41) is 0.719. The zero-order valence-electron chi connectivity index (χ0n) is 19.3. The third-order valence-corrected chi connectivity index (χ3v) is 8.12. The summed E-state index contributed by atoms with van der Waals surface area (Å²) in [4.78, 5) is 15.1. The van der Waals surface area contributed by atoms with Crippen molar-refractivity contribution in [2.75, 3.05) is 19.3 Å². The minimum absolute atomic E-state index is 0. The predicted molar refractivity (Wildman–Crippen MR) is 137 cm³/mol. The number of nitrogens with two attached hydrogens (primary N) is 1. The first kappa shape index (κ1) is 27.6. The van der Waals surface area contributed by atoms with Gasteiger partial charge in [-0.2, -0.15) is 0 Å². The van der Waals surface area contributed by atoms with Gasteiger partial charge >= 0.3 is 0 Å². The molecule has 2 N–H and O–H groups in total. The number of carbonyl (C=O) groups is 1. The Balaban J connectivity index is 0.00000385. The fraction of sp³-hybridized carbons (Fsp3) is 0.480. The largest absolute Gasteiger partial charge is 0.339 e. The average molecular weight is 514 g/mol. The van der Waals surface area contributed by atoms with Crippen molar-refractivity contribution in [2.24, 2.45) is 5.73 Å². The zero-order chi connectivity index (χ0) is 23.4. The second-order valence-electron chi connectivity index (χ2n) is 8.84. The highest BCUT2D eigenvalue weighted by Crippen LogP contribution is 2.41. The van der Waals surface area contributed by atoms with Crippen LogP contribution in [0.2, 0.25) is 5.02 Å². The van der Waals surface area contributed by atoms with E-state index < -0.39 is 9.84 Å². The second kappa shape index (κ2) is 11.7. The Bertz CT molecular complexity index is 1050. The van der Waals surface area contributed by atoms with E-state index >= 15 is 0 Å². The van der Waals surface area contributed by atoms with Gasteiger partial charge < -0.3 is 10.6 Å². The van der Waals surface area contributed by atoms with Crippen molar-refractivity contribution < 1.29 is 13.2 Å². The van der Waals surface area contributed by atoms with Crippen molar-refractivity contribution in [1.29, 1.82) is 0 Å². The first-order chi connectivity index (χ1) is 15.2. The number of benzene rings is 2. The fourth-order valence-electron chi connectivity index (χ4n) is 4.79. The molecule has 0 unspecified atom stereocenters. The number of carbonyl (C=O) groups excluding carboxylic acids is 1. The van der Waals surface area contributed by atoms with Gasteiger partial charge in [0, 0.05) is 42.2 Å². The van der Waals surface area contributed by atoms with Crippen LogP contribution in [0.1, 0.15) is 50.2 Å². The topological polar surface area (TPSA) is 80.5 Å². The third kappa shape index (κ3) is 6.72. The van der Waals surface area contributed by atoms with E-state index in [4.69, 9.17) is 17.3 Å². The average Bonchev–Trinajstić information content (AvgIpc) is 2.79. The highest BCUT2D eigenvalue weighted by Gasteiger charge is 2.38. The standard InChI is InChI=1S/C25H33ClN2O3S.ClH/c1-3-24(29)28(15-12-19-6-4-9-23(16-19)32(2,30)31)22-10-13-25(18-27,14-11-22)20-7-5-8-21(26)17-20;/h4-9,16-17,22H,3,10-15,18,27H2,1-2H3;1H. The minimum Gasteiger partial charge on any atom is -0.339 e. The van der Waals surface area contributed by atoms with Crippen molar-refractivity contribution in [3.8, 4) is 0 Å². The summed E-state index contributed by atoms with van der Waals surface area (Å²) < 4.78 is 23.7. The zero-order valence-corrected chi connectivity index (χ0v) is 21.7. The molecule has 0 spiro atoms. The fourth-order valence-corrected chi connectivity index (χ4v) is 5.67. The summed E-state index contributed by atoms with van der Waals surface area (Å²) in [6.07, 6.45) is 5.89. The molecule has 0 atom stereocenters. The van der Waals surface area contributed by atoms with E-state index in [0.717, 1.165) is 36.3 Å². The third-order valence-electron chi connectivity index (χ3n) is 6.77. The highest BCUT2D eigenvalue weighted by atomic mass is 35.5. The van der Waals surface area contributed by atoms with Gasteiger partial charge in [0.2, 0.25) is 5.91 Å². The number of hydrogen-bond acceptors (Lipinski definition) is 4. The number of sulfone groups is 1. The van der Waals surface area contributed by atoms with Crippen LogP contribution in [0.5, 0.6) is 0 Å². The van der Waals surface area contributed by atoms with Gasteiger partial charge in [-0.05, 0) is 67.5 Å². The van der Waals surface area contributed by atoms with E-state index in [1.807, 2.05) is 36.1 Å². The first-order valence-electron chi connectivity index (χ1n) is 11.2. The van der Waals surface area contributed by atoms with Gasteiger partial charge in [-0.15, -0.1) is 12.4 Å². The second-order valence-corrected chi connectivity index (χ2v) is 11.3. The highest BCUT2D eigenvalue weighted by molar-refractivity contribution is 7.90. The molecule has 8 heteroatoms. The molecule has 1 aliphatic rings. The van der Waals surface area contributed by atoms with E-state index in [0.29, 0.717) is 30.8 Å². The van der Waals surface area contributed by atoms with Crippen molar-refractivity contribution in [2.45, 2.75) is 61.8 Å². The molecule has 0 aromatic heterocycles. The van der Waals surface area contributed by atoms with Crippen LogP contribution < -0.4 is 5.73 Å². The van der Waals surface area contributed by atoms with Crippen molar-refractivity contribution in [3.05, 3.63) is 64.7 Å². The van der Waals surface area contributed by atoms with Crippen LogP contribution in [-0.2, 0) is 26.5 Å². The van der Waals surface area contributed by atoms with Crippen LogP contribution in [-0.4, -0.2) is 44.6 Å². The normalized spacial score (nSPS) is 20.7. The smallest absolute Gasteiger partial charge is 0.222 e. The van der Waals surface area contributed by atoms with Crippen molar-refractivity contribution in [3.63, 3.8) is 0 Å². The molecular weight excluding hydrogens is 479 g/mol. The van der Waals surface area contributed by atoms with Crippen LogP contribution in [0.3, 0.4) is 0 Å². The quantitative estimate of drug-likeness (QED) is 0.551. The molecule has 0 aliphatic heterocycles. The van der Waals surface area contributed by atoms with Crippen LogP contribution in [0.4, 0.5) is 0 Å². The Hall–Kier alpha value is -1.60. The molecule has 0 bridgehead atoms. The molecule has 0 radical (unpaired) electrons. The number of hydrogen-bond donors (Lipinski definition) is 1. The molecule has 5 nitrogen and oxygen atoms in total. The van der Waals surface area contributed by atoms with Crippen LogP contribution >= 0.6 is 24.0 Å². The van der Waals surface area contributed by atoms with Crippen LogP contribution in [0, 0.1) is 0 Å². The molecule has 182 valence electrons. The number of rotatable bonds is 8. The Labute approximate surface area is 209 Å². The van der Waals surface area contributed by atoms with Gasteiger partial charge in [-0.1, -0.05) is 42.8 Å². The van der Waals surface area contributed by atoms with Gasteiger partial charge in [-0.25, -0.2) is 8.42 Å². The molecule has 3 rings (SSSR count). The van der Waals surface area contributed by atoms with Gasteiger partial charge in [-0.3, -0.25) is 4.79 Å². The van der Waals surface area contributed by atoms with E-state index in [9.17, 15) is 13.2 Å². The lowest BCUT2D eigenvalue weighted by Gasteiger charge is -2.43. The summed E-state index contributed by atoms with van der Waals surface area (Å²) in [6.45, 7) is 3.02. The van der Waals surface area contributed by atoms with Gasteiger partial charge in [0.1, 0.15) is 0 Å². The maximum absolute atomic E-state index is 12.8. The Morgan fingerprint density at radius 2 is 1.82 bits per heavy atom. The summed E-state index contributed by atoms with van der Waals surface area (Å²) in [5.41, 5.74) is 8.24. The lowest BCUT2D eigenvalue weighted by atomic mass is 9.68. The van der Waals surface area contributed by atoms with Gasteiger partial charge in [0.25, 0.3) is 0 Å². The Morgan fingerprint density at radius 1 is 1.15 bits per heavy atom. The Kier molecular flexibility index (Phi) is 9.80. The number of halogens is 2. The van der Waals surface area contributed by atoms with Gasteiger partial charge in [0.05, 0.1) is 4.90 Å². The van der Waals surface area contributed by atoms with E-state index in [-0.39, 0.29) is 29.8 Å². The SMILES string of the molecule is CCC(=O)N(CCc1cccc(S(C)(=O)=O)c1)C1CCC(CN)(c2cccc(Cl)c2)CC1.Cl. The molecule has 1 fully saturated rings. The molecule has 2 aromatic rings. The van der Waals surface area contributed by atoms with Gasteiger partial charge in [0.15, 0.2) is 9.84 Å². The lowest BCUT2D eigenvalue weighted by Crippen LogP contribution is -2.48. The van der Waals surface area contributed by atoms with Crippen LogP contribution in [0.25, 0.3) is 0 Å². The first-order valence-corrected chi connectivity index (χ1v) is 13.5. The molecule has 1 amide bonds. The summed E-state index contributed by atoms with van der Waals surface area (Å²) in [5.74, 6) is 0.136. The van der Waals surface area contributed by atoms with E-state index in [1.165, 1.54) is 11.8 Å².